The number of benzene rings is 2. The summed E-state index contributed by atoms with van der Waals surface area (Å²) in [6, 6.07) is 15.4. The summed E-state index contributed by atoms with van der Waals surface area (Å²) in [5.74, 6) is 0.849. The zero-order valence-electron chi connectivity index (χ0n) is 14.2. The van der Waals surface area contributed by atoms with Crippen molar-refractivity contribution in [1.29, 1.82) is 0 Å². The largest absolute Gasteiger partial charge is 0.419 e. The molecule has 0 atom stereocenters. The second-order valence-electron chi connectivity index (χ2n) is 6.02. The van der Waals surface area contributed by atoms with Crippen LogP contribution in [0, 0.1) is 0 Å². The van der Waals surface area contributed by atoms with Crippen molar-refractivity contribution in [2.45, 2.75) is 26.4 Å². The van der Waals surface area contributed by atoms with Crippen LogP contribution in [0.4, 0.5) is 0 Å². The van der Waals surface area contributed by atoms with Crippen LogP contribution in [0.3, 0.4) is 0 Å². The molecular weight excluding hydrogens is 396 g/mol. The molecule has 0 aliphatic rings. The van der Waals surface area contributed by atoms with Gasteiger partial charge in [-0.2, -0.15) is 0 Å². The number of imidazole rings is 1. The number of halogens is 1. The van der Waals surface area contributed by atoms with Gasteiger partial charge in [-0.25, -0.2) is 4.79 Å². The molecule has 132 valence electrons. The van der Waals surface area contributed by atoms with Gasteiger partial charge in [0.15, 0.2) is 0 Å². The molecule has 0 fully saturated rings. The van der Waals surface area contributed by atoms with Crippen LogP contribution >= 0.6 is 15.9 Å². The fourth-order valence-electron chi connectivity index (χ4n) is 3.03. The summed E-state index contributed by atoms with van der Waals surface area (Å²) < 4.78 is 10.2. The lowest BCUT2D eigenvalue weighted by Crippen LogP contribution is -2.24. The van der Waals surface area contributed by atoms with Crippen LogP contribution in [-0.2, 0) is 13.1 Å². The van der Waals surface area contributed by atoms with Crippen molar-refractivity contribution >= 4 is 27.0 Å². The smallest absolute Gasteiger partial charge is 0.329 e. The maximum absolute atomic E-state index is 12.8. The van der Waals surface area contributed by atoms with E-state index in [1.807, 2.05) is 48.5 Å². The number of aryl methyl sites for hydroxylation is 1. The highest BCUT2D eigenvalue weighted by Gasteiger charge is 2.15. The van der Waals surface area contributed by atoms with Crippen LogP contribution < -0.4 is 5.69 Å². The van der Waals surface area contributed by atoms with Crippen LogP contribution in [0.5, 0.6) is 0 Å². The summed E-state index contributed by atoms with van der Waals surface area (Å²) in [4.78, 5) is 12.8. The molecule has 0 saturated heterocycles. The van der Waals surface area contributed by atoms with Gasteiger partial charge >= 0.3 is 5.69 Å². The van der Waals surface area contributed by atoms with E-state index in [0.717, 1.165) is 27.5 Å². The minimum atomic E-state index is -0.0589. The van der Waals surface area contributed by atoms with E-state index < -0.39 is 0 Å². The number of fused-ring (bicyclic) bond motifs is 1. The number of hydrogen-bond acceptors (Lipinski definition) is 4. The van der Waals surface area contributed by atoms with Gasteiger partial charge in [0.25, 0.3) is 0 Å². The van der Waals surface area contributed by atoms with Crippen molar-refractivity contribution in [2.75, 3.05) is 0 Å². The van der Waals surface area contributed by atoms with Gasteiger partial charge in [0.05, 0.1) is 11.0 Å². The maximum Gasteiger partial charge on any atom is 0.329 e. The number of nitrogens with zero attached hydrogens (tertiary/aromatic N) is 4. The zero-order valence-corrected chi connectivity index (χ0v) is 15.8. The SMILES string of the molecule is CCCn1c(=O)n(Cc2nnc(-c3ccc(Br)cc3)o2)c2ccccc21. The van der Waals surface area contributed by atoms with Crippen molar-refractivity contribution in [3.63, 3.8) is 0 Å². The van der Waals surface area contributed by atoms with E-state index in [1.165, 1.54) is 0 Å². The summed E-state index contributed by atoms with van der Waals surface area (Å²) in [6.07, 6.45) is 0.891. The van der Waals surface area contributed by atoms with Gasteiger partial charge in [-0.1, -0.05) is 35.0 Å². The molecule has 4 rings (SSSR count). The molecule has 0 aliphatic heterocycles. The fraction of sp³-hybridized carbons (Fsp3) is 0.211. The zero-order chi connectivity index (χ0) is 18.1. The quantitative estimate of drug-likeness (QED) is 0.495. The van der Waals surface area contributed by atoms with E-state index in [2.05, 4.69) is 33.1 Å². The second-order valence-corrected chi connectivity index (χ2v) is 6.93. The fourth-order valence-corrected chi connectivity index (χ4v) is 3.29. The van der Waals surface area contributed by atoms with Gasteiger partial charge in [-0.05, 0) is 42.8 Å². The molecule has 2 aromatic heterocycles. The number of para-hydroxylation sites is 2. The number of aromatic nitrogens is 4. The van der Waals surface area contributed by atoms with Crippen molar-refractivity contribution in [3.05, 3.63) is 69.4 Å². The summed E-state index contributed by atoms with van der Waals surface area (Å²) in [5, 5.41) is 8.23. The minimum absolute atomic E-state index is 0.0589. The van der Waals surface area contributed by atoms with Gasteiger partial charge in [-0.3, -0.25) is 9.13 Å². The molecule has 0 amide bonds. The van der Waals surface area contributed by atoms with Crippen LogP contribution in [0.2, 0.25) is 0 Å². The van der Waals surface area contributed by atoms with Gasteiger partial charge in [0.1, 0.15) is 6.54 Å². The Balaban J connectivity index is 1.71. The Morgan fingerprint density at radius 2 is 1.69 bits per heavy atom. The molecule has 0 saturated carbocycles. The maximum atomic E-state index is 12.8. The van der Waals surface area contributed by atoms with Gasteiger partial charge in [0, 0.05) is 16.6 Å². The Labute approximate surface area is 158 Å². The molecule has 6 nitrogen and oxygen atoms in total. The lowest BCUT2D eigenvalue weighted by atomic mass is 10.2. The Bertz CT molecular complexity index is 1110. The Kier molecular flexibility index (Phi) is 4.46. The molecule has 4 aromatic rings. The third-order valence-electron chi connectivity index (χ3n) is 4.22. The molecule has 0 spiro atoms. The Morgan fingerprint density at radius 3 is 2.38 bits per heavy atom. The average molecular weight is 413 g/mol. The summed E-state index contributed by atoms with van der Waals surface area (Å²) in [6.45, 7) is 2.99. The average Bonchev–Trinajstić information content (AvgIpc) is 3.22. The molecule has 0 radical (unpaired) electrons. The van der Waals surface area contributed by atoms with E-state index in [9.17, 15) is 4.79 Å². The lowest BCUT2D eigenvalue weighted by molar-refractivity contribution is 0.484. The predicted molar refractivity (Wildman–Crippen MR) is 103 cm³/mol. The highest BCUT2D eigenvalue weighted by Crippen LogP contribution is 2.21. The van der Waals surface area contributed by atoms with E-state index >= 15 is 0 Å². The Morgan fingerprint density at radius 1 is 1.00 bits per heavy atom. The number of rotatable bonds is 5. The van der Waals surface area contributed by atoms with Crippen molar-refractivity contribution in [3.8, 4) is 11.5 Å². The first-order chi connectivity index (χ1) is 12.7. The van der Waals surface area contributed by atoms with Crippen LogP contribution in [0.1, 0.15) is 19.2 Å². The Hall–Kier alpha value is -2.67. The molecule has 2 aromatic carbocycles. The molecule has 26 heavy (non-hydrogen) atoms. The van der Waals surface area contributed by atoms with E-state index in [0.29, 0.717) is 18.3 Å². The first-order valence-corrected chi connectivity index (χ1v) is 9.23. The summed E-state index contributed by atoms with van der Waals surface area (Å²) in [5.41, 5.74) is 2.57. The van der Waals surface area contributed by atoms with Gasteiger partial charge < -0.3 is 4.42 Å². The van der Waals surface area contributed by atoms with Gasteiger partial charge in [0.2, 0.25) is 11.8 Å². The third-order valence-corrected chi connectivity index (χ3v) is 4.75. The van der Waals surface area contributed by atoms with Crippen molar-refractivity contribution in [2.24, 2.45) is 0 Å². The number of hydrogen-bond donors (Lipinski definition) is 0. The molecule has 7 heteroatoms. The minimum Gasteiger partial charge on any atom is -0.419 e. The topological polar surface area (TPSA) is 65.8 Å². The lowest BCUT2D eigenvalue weighted by Gasteiger charge is -1.99. The normalized spacial score (nSPS) is 11.3. The molecule has 0 unspecified atom stereocenters. The molecule has 0 N–H and O–H groups in total. The summed E-state index contributed by atoms with van der Waals surface area (Å²) >= 11 is 3.41. The van der Waals surface area contributed by atoms with Crippen LogP contribution in [-0.4, -0.2) is 19.3 Å². The van der Waals surface area contributed by atoms with E-state index in [4.69, 9.17) is 4.42 Å². The highest BCUT2D eigenvalue weighted by molar-refractivity contribution is 9.10. The molecule has 2 heterocycles. The molecule has 0 bridgehead atoms. The monoisotopic (exact) mass is 412 g/mol. The van der Waals surface area contributed by atoms with Crippen molar-refractivity contribution in [1.82, 2.24) is 19.3 Å². The molecular formula is C19H17BrN4O2. The first-order valence-electron chi connectivity index (χ1n) is 8.43. The summed E-state index contributed by atoms with van der Waals surface area (Å²) in [7, 11) is 0. The predicted octanol–water partition coefficient (Wildman–Crippen LogP) is 4.07. The second kappa shape index (κ2) is 6.92. The van der Waals surface area contributed by atoms with Gasteiger partial charge in [-0.15, -0.1) is 10.2 Å². The van der Waals surface area contributed by atoms with E-state index in [1.54, 1.807) is 9.13 Å². The highest BCUT2D eigenvalue weighted by atomic mass is 79.9. The third kappa shape index (κ3) is 2.99. The molecule has 0 aliphatic carbocycles. The first kappa shape index (κ1) is 16.8. The van der Waals surface area contributed by atoms with Crippen molar-refractivity contribution < 1.29 is 4.42 Å². The van der Waals surface area contributed by atoms with Crippen LogP contribution in [0.15, 0.2) is 62.2 Å². The van der Waals surface area contributed by atoms with E-state index in [-0.39, 0.29) is 12.2 Å². The standard InChI is InChI=1S/C19H17BrN4O2/c1-2-11-23-15-5-3-4-6-16(15)24(19(23)25)12-17-21-22-18(26-17)13-7-9-14(20)10-8-13/h3-10H,2,11-12H2,1H3. The van der Waals surface area contributed by atoms with Crippen LogP contribution in [0.25, 0.3) is 22.5 Å².